The van der Waals surface area contributed by atoms with E-state index in [0.717, 1.165) is 39.1 Å². The molecule has 1 aliphatic rings. The van der Waals surface area contributed by atoms with Crippen LogP contribution in [0.15, 0.2) is 0 Å². The van der Waals surface area contributed by atoms with Gasteiger partial charge >= 0.3 is 0 Å². The van der Waals surface area contributed by atoms with Crippen molar-refractivity contribution in [1.29, 1.82) is 0 Å². The fourth-order valence-electron chi connectivity index (χ4n) is 2.05. The summed E-state index contributed by atoms with van der Waals surface area (Å²) in [6, 6.07) is 0.531. The van der Waals surface area contributed by atoms with Gasteiger partial charge < -0.3 is 15.2 Å². The van der Waals surface area contributed by atoms with E-state index in [0.29, 0.717) is 6.04 Å². The Morgan fingerprint density at radius 2 is 2.31 bits per heavy atom. The van der Waals surface area contributed by atoms with Crippen molar-refractivity contribution in [3.05, 3.63) is 0 Å². The number of hydrogen-bond acceptors (Lipinski definition) is 4. The largest absolute Gasteiger partial charge is 0.394 e. The first-order valence-corrected chi connectivity index (χ1v) is 6.23. The Balaban J connectivity index is 2.23. The Kier molecular flexibility index (Phi) is 5.69. The molecule has 4 nitrogen and oxygen atoms in total. The van der Waals surface area contributed by atoms with Gasteiger partial charge in [0.1, 0.15) is 0 Å². The first-order valence-electron chi connectivity index (χ1n) is 6.23. The number of rotatable bonds is 6. The minimum Gasteiger partial charge on any atom is -0.394 e. The van der Waals surface area contributed by atoms with Crippen LogP contribution < -0.4 is 5.32 Å². The molecule has 2 N–H and O–H groups in total. The van der Waals surface area contributed by atoms with Crippen LogP contribution in [-0.4, -0.2) is 61.5 Å². The Morgan fingerprint density at radius 3 is 2.88 bits per heavy atom. The molecule has 1 heterocycles. The molecule has 1 fully saturated rings. The standard InChI is InChI=1S/C12H26N2O2/c1-11-9-16-8-7-14(11)6-4-5-12(2,10-15)13-3/h11,13,15H,4-10H2,1-3H3. The summed E-state index contributed by atoms with van der Waals surface area (Å²) in [6.45, 7) is 8.32. The summed E-state index contributed by atoms with van der Waals surface area (Å²) in [5, 5.41) is 12.5. The molecule has 2 atom stereocenters. The van der Waals surface area contributed by atoms with E-state index >= 15 is 0 Å². The van der Waals surface area contributed by atoms with Crippen LogP contribution in [0, 0.1) is 0 Å². The lowest BCUT2D eigenvalue weighted by Crippen LogP contribution is -2.46. The number of nitrogens with one attached hydrogen (secondary N) is 1. The Bertz CT molecular complexity index is 195. The number of nitrogens with zero attached hydrogens (tertiary/aromatic N) is 1. The van der Waals surface area contributed by atoms with Crippen LogP contribution in [0.5, 0.6) is 0 Å². The van der Waals surface area contributed by atoms with E-state index in [-0.39, 0.29) is 12.1 Å². The zero-order valence-electron chi connectivity index (χ0n) is 10.8. The molecule has 1 rings (SSSR count). The summed E-state index contributed by atoms with van der Waals surface area (Å²) >= 11 is 0. The Hall–Kier alpha value is -0.160. The third kappa shape index (κ3) is 4.01. The topological polar surface area (TPSA) is 44.7 Å². The molecule has 2 unspecified atom stereocenters. The average molecular weight is 230 g/mol. The van der Waals surface area contributed by atoms with Crippen LogP contribution in [0.1, 0.15) is 26.7 Å². The molecule has 0 radical (unpaired) electrons. The van der Waals surface area contributed by atoms with Gasteiger partial charge in [0.2, 0.25) is 0 Å². The summed E-state index contributed by atoms with van der Waals surface area (Å²) in [4.78, 5) is 2.47. The van der Waals surface area contributed by atoms with Gasteiger partial charge in [-0.3, -0.25) is 4.90 Å². The molecule has 0 aliphatic carbocycles. The van der Waals surface area contributed by atoms with Crippen molar-refractivity contribution in [3.63, 3.8) is 0 Å². The van der Waals surface area contributed by atoms with Gasteiger partial charge in [0.25, 0.3) is 0 Å². The van der Waals surface area contributed by atoms with Crippen molar-refractivity contribution in [1.82, 2.24) is 10.2 Å². The van der Waals surface area contributed by atoms with Crippen LogP contribution in [-0.2, 0) is 4.74 Å². The van der Waals surface area contributed by atoms with Crippen LogP contribution in [0.4, 0.5) is 0 Å². The molecule has 0 aromatic carbocycles. The monoisotopic (exact) mass is 230 g/mol. The van der Waals surface area contributed by atoms with Crippen molar-refractivity contribution in [2.45, 2.75) is 38.3 Å². The Labute approximate surface area is 99.0 Å². The molecule has 16 heavy (non-hydrogen) atoms. The summed E-state index contributed by atoms with van der Waals surface area (Å²) in [6.07, 6.45) is 2.12. The average Bonchev–Trinajstić information content (AvgIpc) is 2.31. The summed E-state index contributed by atoms with van der Waals surface area (Å²) in [5.74, 6) is 0. The summed E-state index contributed by atoms with van der Waals surface area (Å²) < 4.78 is 5.41. The normalized spacial score (nSPS) is 26.6. The third-order valence-electron chi connectivity index (χ3n) is 3.63. The minimum absolute atomic E-state index is 0.129. The number of likely N-dealkylation sites (N-methyl/N-ethyl adjacent to an activating group) is 1. The summed E-state index contributed by atoms with van der Waals surface area (Å²) in [5.41, 5.74) is -0.129. The lowest BCUT2D eigenvalue weighted by molar-refractivity contribution is -0.00203. The van der Waals surface area contributed by atoms with Crippen LogP contribution in [0.25, 0.3) is 0 Å². The third-order valence-corrected chi connectivity index (χ3v) is 3.63. The van der Waals surface area contributed by atoms with E-state index in [1.165, 1.54) is 0 Å². The maximum atomic E-state index is 9.28. The van der Waals surface area contributed by atoms with E-state index in [1.807, 2.05) is 7.05 Å². The zero-order chi connectivity index (χ0) is 12.0. The minimum atomic E-state index is -0.129. The number of aliphatic hydroxyl groups is 1. The van der Waals surface area contributed by atoms with Crippen LogP contribution >= 0.6 is 0 Å². The van der Waals surface area contributed by atoms with Crippen molar-refractivity contribution in [2.75, 3.05) is 40.0 Å². The first kappa shape index (κ1) is 13.9. The lowest BCUT2D eigenvalue weighted by atomic mass is 9.97. The molecule has 0 aromatic heterocycles. The fourth-order valence-corrected chi connectivity index (χ4v) is 2.05. The molecule has 96 valence electrons. The van der Waals surface area contributed by atoms with Gasteiger partial charge in [-0.25, -0.2) is 0 Å². The van der Waals surface area contributed by atoms with Gasteiger partial charge in [0.15, 0.2) is 0 Å². The number of hydrogen-bond donors (Lipinski definition) is 2. The SMILES string of the molecule is CNC(C)(CO)CCCN1CCOCC1C. The lowest BCUT2D eigenvalue weighted by Gasteiger charge is -2.34. The first-order chi connectivity index (χ1) is 7.61. The molecule has 0 amide bonds. The number of morpholine rings is 1. The second kappa shape index (κ2) is 6.55. The fraction of sp³-hybridized carbons (Fsp3) is 1.00. The molecule has 4 heteroatoms. The van der Waals surface area contributed by atoms with Crippen LogP contribution in [0.3, 0.4) is 0 Å². The van der Waals surface area contributed by atoms with Crippen molar-refractivity contribution >= 4 is 0 Å². The maximum Gasteiger partial charge on any atom is 0.0619 e. The van der Waals surface area contributed by atoms with Crippen LogP contribution in [0.2, 0.25) is 0 Å². The van der Waals surface area contributed by atoms with E-state index in [1.54, 1.807) is 0 Å². The molecule has 0 bridgehead atoms. The molecule has 1 aliphatic heterocycles. The highest BCUT2D eigenvalue weighted by molar-refractivity contribution is 4.81. The smallest absolute Gasteiger partial charge is 0.0619 e. The molecule has 0 saturated carbocycles. The highest BCUT2D eigenvalue weighted by Gasteiger charge is 2.22. The second-order valence-corrected chi connectivity index (χ2v) is 5.03. The second-order valence-electron chi connectivity index (χ2n) is 5.03. The van der Waals surface area contributed by atoms with E-state index < -0.39 is 0 Å². The van der Waals surface area contributed by atoms with E-state index in [9.17, 15) is 5.11 Å². The molecule has 1 saturated heterocycles. The highest BCUT2D eigenvalue weighted by atomic mass is 16.5. The highest BCUT2D eigenvalue weighted by Crippen LogP contribution is 2.13. The summed E-state index contributed by atoms with van der Waals surface area (Å²) in [7, 11) is 1.91. The van der Waals surface area contributed by atoms with Gasteiger partial charge in [-0.05, 0) is 40.3 Å². The van der Waals surface area contributed by atoms with Crippen molar-refractivity contribution in [3.8, 4) is 0 Å². The maximum absolute atomic E-state index is 9.28. The predicted molar refractivity (Wildman–Crippen MR) is 65.6 cm³/mol. The predicted octanol–water partition coefficient (Wildman–Crippen LogP) is 0.458. The number of ether oxygens (including phenoxy) is 1. The molecular weight excluding hydrogens is 204 g/mol. The Morgan fingerprint density at radius 1 is 1.56 bits per heavy atom. The van der Waals surface area contributed by atoms with Gasteiger partial charge in [-0.15, -0.1) is 0 Å². The molecule has 0 spiro atoms. The quantitative estimate of drug-likeness (QED) is 0.696. The molecule has 0 aromatic rings. The van der Waals surface area contributed by atoms with Gasteiger partial charge in [-0.2, -0.15) is 0 Å². The van der Waals surface area contributed by atoms with Crippen molar-refractivity contribution in [2.24, 2.45) is 0 Å². The van der Waals surface area contributed by atoms with Gasteiger partial charge in [0.05, 0.1) is 19.8 Å². The van der Waals surface area contributed by atoms with Crippen molar-refractivity contribution < 1.29 is 9.84 Å². The number of aliphatic hydroxyl groups excluding tert-OH is 1. The zero-order valence-corrected chi connectivity index (χ0v) is 10.8. The molecular formula is C12H26N2O2. The van der Waals surface area contributed by atoms with Gasteiger partial charge in [0, 0.05) is 18.1 Å². The van der Waals surface area contributed by atoms with Gasteiger partial charge in [-0.1, -0.05) is 0 Å². The van der Waals surface area contributed by atoms with E-state index in [4.69, 9.17) is 4.74 Å². The van der Waals surface area contributed by atoms with E-state index in [2.05, 4.69) is 24.1 Å².